The van der Waals surface area contributed by atoms with E-state index in [1.165, 1.54) is 4.90 Å². The van der Waals surface area contributed by atoms with E-state index in [-0.39, 0.29) is 11.3 Å². The van der Waals surface area contributed by atoms with Crippen LogP contribution in [0.3, 0.4) is 0 Å². The van der Waals surface area contributed by atoms with Crippen LogP contribution in [-0.2, 0) is 9.59 Å². The predicted octanol–water partition coefficient (Wildman–Crippen LogP) is 5.03. The summed E-state index contributed by atoms with van der Waals surface area (Å²) in [5.74, 6) is -1.61. The van der Waals surface area contributed by atoms with Crippen molar-refractivity contribution < 1.29 is 14.7 Å². The maximum atomic E-state index is 13.1. The summed E-state index contributed by atoms with van der Waals surface area (Å²) in [4.78, 5) is 29.6. The monoisotopic (exact) mass is 432 g/mol. The highest BCUT2D eigenvalue weighted by Crippen LogP contribution is 2.42. The van der Waals surface area contributed by atoms with E-state index >= 15 is 0 Å². The third-order valence-electron chi connectivity index (χ3n) is 5.32. The molecule has 3 aromatic carbocycles. The van der Waals surface area contributed by atoms with Crippen molar-refractivity contribution in [3.8, 4) is 0 Å². The Balaban J connectivity index is 1.90. The van der Waals surface area contributed by atoms with E-state index in [2.05, 4.69) is 0 Å². The van der Waals surface area contributed by atoms with E-state index in [1.807, 2.05) is 37.2 Å². The maximum absolute atomic E-state index is 13.1. The fraction of sp³-hybridized carbons (Fsp3) is 0.120. The average molecular weight is 433 g/mol. The van der Waals surface area contributed by atoms with Gasteiger partial charge in [0, 0.05) is 36.1 Å². The molecule has 6 heteroatoms. The van der Waals surface area contributed by atoms with Gasteiger partial charge in [0.05, 0.1) is 11.6 Å². The molecule has 0 spiro atoms. The standard InChI is InChI=1S/C25H21ClN2O3/c1-27(2)19-12-14-20(15-13-19)28-22(16-8-10-18(26)11-9-16)21(24(30)25(28)31)23(29)17-6-4-3-5-7-17/h3-15,22,29H,1-2H3/t22-/m1/s1. The second-order valence-electron chi connectivity index (χ2n) is 7.50. The molecule has 4 rings (SSSR count). The molecule has 0 bridgehead atoms. The first-order chi connectivity index (χ1) is 14.9. The number of hydrogen-bond donors (Lipinski definition) is 1. The van der Waals surface area contributed by atoms with Crippen LogP contribution in [0.25, 0.3) is 5.76 Å². The Hall–Kier alpha value is -3.57. The molecule has 1 aliphatic rings. The number of rotatable bonds is 4. The van der Waals surface area contributed by atoms with Gasteiger partial charge >= 0.3 is 0 Å². The number of amides is 1. The van der Waals surface area contributed by atoms with Gasteiger partial charge < -0.3 is 10.0 Å². The fourth-order valence-corrected chi connectivity index (χ4v) is 3.85. The lowest BCUT2D eigenvalue weighted by atomic mass is 9.95. The molecular formula is C25H21ClN2O3. The third kappa shape index (κ3) is 3.80. The Labute approximate surface area is 185 Å². The molecule has 0 aromatic heterocycles. The Bertz CT molecular complexity index is 1150. The Morgan fingerprint density at radius 2 is 1.52 bits per heavy atom. The lowest BCUT2D eigenvalue weighted by molar-refractivity contribution is -0.132. The highest BCUT2D eigenvalue weighted by atomic mass is 35.5. The summed E-state index contributed by atoms with van der Waals surface area (Å²) < 4.78 is 0. The second-order valence-corrected chi connectivity index (χ2v) is 7.93. The molecular weight excluding hydrogens is 412 g/mol. The van der Waals surface area contributed by atoms with Crippen molar-refractivity contribution in [2.45, 2.75) is 6.04 Å². The van der Waals surface area contributed by atoms with Crippen molar-refractivity contribution >= 4 is 40.4 Å². The average Bonchev–Trinajstić information content (AvgIpc) is 3.05. The third-order valence-corrected chi connectivity index (χ3v) is 5.57. The van der Waals surface area contributed by atoms with Crippen LogP contribution >= 0.6 is 11.6 Å². The van der Waals surface area contributed by atoms with Gasteiger partial charge in [-0.1, -0.05) is 54.1 Å². The van der Waals surface area contributed by atoms with Crippen molar-refractivity contribution in [2.75, 3.05) is 23.9 Å². The molecule has 31 heavy (non-hydrogen) atoms. The fourth-order valence-electron chi connectivity index (χ4n) is 3.72. The predicted molar refractivity (Wildman–Crippen MR) is 123 cm³/mol. The summed E-state index contributed by atoms with van der Waals surface area (Å²) in [5, 5.41) is 11.6. The number of halogens is 1. The molecule has 3 aromatic rings. The SMILES string of the molecule is CN(C)c1ccc(N2C(=O)C(=O)C(=C(O)c3ccccc3)[C@H]2c2ccc(Cl)cc2)cc1. The molecule has 156 valence electrons. The van der Waals surface area contributed by atoms with Crippen molar-refractivity contribution in [1.82, 2.24) is 0 Å². The first-order valence-corrected chi connectivity index (χ1v) is 10.2. The zero-order valence-electron chi connectivity index (χ0n) is 17.1. The topological polar surface area (TPSA) is 60.9 Å². The molecule has 1 heterocycles. The minimum absolute atomic E-state index is 0.0511. The van der Waals surface area contributed by atoms with Crippen molar-refractivity contribution in [2.24, 2.45) is 0 Å². The molecule has 1 N–H and O–H groups in total. The number of aliphatic hydroxyl groups excluding tert-OH is 1. The number of aliphatic hydroxyl groups is 1. The van der Waals surface area contributed by atoms with Crippen molar-refractivity contribution in [3.05, 3.63) is 101 Å². The van der Waals surface area contributed by atoms with Crippen LogP contribution < -0.4 is 9.80 Å². The quantitative estimate of drug-likeness (QED) is 0.357. The van der Waals surface area contributed by atoms with Crippen molar-refractivity contribution in [3.63, 3.8) is 0 Å². The van der Waals surface area contributed by atoms with Crippen LogP contribution in [-0.4, -0.2) is 30.9 Å². The molecule has 0 unspecified atom stereocenters. The molecule has 0 aliphatic carbocycles. The first kappa shape index (κ1) is 20.7. The van der Waals surface area contributed by atoms with E-state index in [9.17, 15) is 14.7 Å². The number of benzene rings is 3. The van der Waals surface area contributed by atoms with Crippen LogP contribution in [0.4, 0.5) is 11.4 Å². The van der Waals surface area contributed by atoms with E-state index in [0.29, 0.717) is 21.8 Å². The molecule has 1 aliphatic heterocycles. The summed E-state index contributed by atoms with van der Waals surface area (Å²) >= 11 is 6.06. The van der Waals surface area contributed by atoms with Gasteiger partial charge in [0.2, 0.25) is 0 Å². The summed E-state index contributed by atoms with van der Waals surface area (Å²) in [7, 11) is 3.85. The Kier molecular flexibility index (Phi) is 5.53. The minimum Gasteiger partial charge on any atom is -0.507 e. The van der Waals surface area contributed by atoms with Gasteiger partial charge in [-0.3, -0.25) is 14.5 Å². The normalized spacial score (nSPS) is 17.8. The largest absolute Gasteiger partial charge is 0.507 e. The maximum Gasteiger partial charge on any atom is 0.300 e. The Morgan fingerprint density at radius 3 is 2.10 bits per heavy atom. The van der Waals surface area contributed by atoms with Gasteiger partial charge in [-0.25, -0.2) is 0 Å². The first-order valence-electron chi connectivity index (χ1n) is 9.78. The minimum atomic E-state index is -0.775. The number of anilines is 2. The molecule has 0 saturated carbocycles. The van der Waals surface area contributed by atoms with Gasteiger partial charge in [0.25, 0.3) is 11.7 Å². The molecule has 5 nitrogen and oxygen atoms in total. The smallest absolute Gasteiger partial charge is 0.300 e. The zero-order chi connectivity index (χ0) is 22.1. The van der Waals surface area contributed by atoms with Crippen LogP contribution in [0.15, 0.2) is 84.4 Å². The Morgan fingerprint density at radius 1 is 0.903 bits per heavy atom. The van der Waals surface area contributed by atoms with Gasteiger partial charge in [-0.2, -0.15) is 0 Å². The van der Waals surface area contributed by atoms with E-state index in [0.717, 1.165) is 5.69 Å². The van der Waals surface area contributed by atoms with Crippen LogP contribution in [0.5, 0.6) is 0 Å². The number of Topliss-reactive ketones (excluding diaryl/α,β-unsaturated/α-hetero) is 1. The number of ketones is 1. The lowest BCUT2D eigenvalue weighted by Gasteiger charge is -2.26. The lowest BCUT2D eigenvalue weighted by Crippen LogP contribution is -2.29. The summed E-state index contributed by atoms with van der Waals surface area (Å²) in [6, 6.07) is 22.3. The number of carbonyl (C=O) groups is 2. The molecule has 1 amide bonds. The molecule has 1 fully saturated rings. The van der Waals surface area contributed by atoms with Gasteiger partial charge in [0.1, 0.15) is 5.76 Å². The highest BCUT2D eigenvalue weighted by molar-refractivity contribution is 6.51. The van der Waals surface area contributed by atoms with E-state index in [1.54, 1.807) is 60.7 Å². The molecule has 1 saturated heterocycles. The molecule has 0 radical (unpaired) electrons. The number of hydrogen-bond acceptors (Lipinski definition) is 4. The van der Waals surface area contributed by atoms with Crippen LogP contribution in [0, 0.1) is 0 Å². The van der Waals surface area contributed by atoms with Gasteiger partial charge in [-0.05, 0) is 42.0 Å². The van der Waals surface area contributed by atoms with E-state index < -0.39 is 17.7 Å². The van der Waals surface area contributed by atoms with E-state index in [4.69, 9.17) is 11.6 Å². The summed E-state index contributed by atoms with van der Waals surface area (Å²) in [6.07, 6.45) is 0. The zero-order valence-corrected chi connectivity index (χ0v) is 17.9. The summed E-state index contributed by atoms with van der Waals surface area (Å²) in [5.41, 5.74) is 2.74. The van der Waals surface area contributed by atoms with Gasteiger partial charge in [0.15, 0.2) is 0 Å². The summed E-state index contributed by atoms with van der Waals surface area (Å²) in [6.45, 7) is 0. The highest BCUT2D eigenvalue weighted by Gasteiger charge is 2.46. The van der Waals surface area contributed by atoms with Crippen molar-refractivity contribution in [1.29, 1.82) is 0 Å². The number of carbonyl (C=O) groups excluding carboxylic acids is 2. The molecule has 1 atom stereocenters. The van der Waals surface area contributed by atoms with Crippen LogP contribution in [0.1, 0.15) is 17.2 Å². The second kappa shape index (κ2) is 8.28. The number of nitrogens with zero attached hydrogens (tertiary/aromatic N) is 2. The van der Waals surface area contributed by atoms with Gasteiger partial charge in [-0.15, -0.1) is 0 Å². The van der Waals surface area contributed by atoms with Crippen LogP contribution in [0.2, 0.25) is 5.02 Å².